The number of nitrogens with one attached hydrogen (secondary N) is 1. The number of carbonyl (C=O) groups excluding carboxylic acids is 3. The molecule has 0 radical (unpaired) electrons. The quantitative estimate of drug-likeness (QED) is 0.721. The number of amides is 3. The van der Waals surface area contributed by atoms with Crippen molar-refractivity contribution in [2.24, 2.45) is 0 Å². The molecule has 2 fully saturated rings. The number of furan rings is 1. The predicted molar refractivity (Wildman–Crippen MR) is 117 cm³/mol. The number of imide groups is 1. The van der Waals surface area contributed by atoms with Gasteiger partial charge in [0.05, 0.1) is 4.91 Å². The third-order valence-corrected chi connectivity index (χ3v) is 5.97. The maximum Gasteiger partial charge on any atom is 0.294 e. The molecule has 8 heteroatoms. The fourth-order valence-electron chi connectivity index (χ4n) is 3.45. The molecule has 7 nitrogen and oxygen atoms in total. The molecule has 1 N–H and O–H groups in total. The summed E-state index contributed by atoms with van der Waals surface area (Å²) in [5, 5.41) is 2.24. The molecule has 3 amide bonds. The average molecular weight is 426 g/mol. The molecule has 0 spiro atoms. The van der Waals surface area contributed by atoms with Gasteiger partial charge in [-0.15, -0.1) is 0 Å². The maximum absolute atomic E-state index is 12.6. The highest BCUT2D eigenvalue weighted by molar-refractivity contribution is 8.18. The molecule has 4 rings (SSSR count). The zero-order valence-electron chi connectivity index (χ0n) is 16.7. The second kappa shape index (κ2) is 8.79. The van der Waals surface area contributed by atoms with Crippen LogP contribution in [-0.4, -0.2) is 41.6 Å². The molecule has 30 heavy (non-hydrogen) atoms. The van der Waals surface area contributed by atoms with Crippen LogP contribution in [0.1, 0.15) is 30.6 Å². The number of aryl methyl sites for hydroxylation is 1. The van der Waals surface area contributed by atoms with Gasteiger partial charge in [-0.1, -0.05) is 17.7 Å². The lowest BCUT2D eigenvalue weighted by molar-refractivity contribution is -0.127. The Hall–Kier alpha value is -3.00. The third-order valence-electron chi connectivity index (χ3n) is 5.06. The van der Waals surface area contributed by atoms with Crippen molar-refractivity contribution in [3.63, 3.8) is 0 Å². The van der Waals surface area contributed by atoms with Crippen molar-refractivity contribution < 1.29 is 18.8 Å². The number of rotatable bonds is 5. The Morgan fingerprint density at radius 3 is 2.57 bits per heavy atom. The molecule has 2 saturated heterocycles. The first-order chi connectivity index (χ1) is 14.5. The van der Waals surface area contributed by atoms with Crippen LogP contribution >= 0.6 is 11.8 Å². The molecule has 0 atom stereocenters. The van der Waals surface area contributed by atoms with Gasteiger partial charge in [0.15, 0.2) is 5.88 Å². The molecule has 2 aliphatic rings. The van der Waals surface area contributed by atoms with Gasteiger partial charge in [0.2, 0.25) is 5.91 Å². The molecule has 0 bridgehead atoms. The molecule has 1 aromatic heterocycles. The van der Waals surface area contributed by atoms with Crippen molar-refractivity contribution in [3.8, 4) is 0 Å². The molecular formula is C22H23N3O4S. The number of piperidine rings is 1. The van der Waals surface area contributed by atoms with Crippen LogP contribution in [0, 0.1) is 6.92 Å². The van der Waals surface area contributed by atoms with E-state index < -0.39 is 17.1 Å². The summed E-state index contributed by atoms with van der Waals surface area (Å²) in [6, 6.07) is 11.0. The van der Waals surface area contributed by atoms with Crippen LogP contribution in [0.25, 0.3) is 6.08 Å². The van der Waals surface area contributed by atoms with Gasteiger partial charge in [0.1, 0.15) is 12.3 Å². The number of carbonyl (C=O) groups is 3. The molecule has 1 aromatic carbocycles. The molecule has 0 unspecified atom stereocenters. The van der Waals surface area contributed by atoms with Crippen molar-refractivity contribution >= 4 is 46.5 Å². The van der Waals surface area contributed by atoms with Gasteiger partial charge >= 0.3 is 0 Å². The molecule has 2 aromatic rings. The maximum atomic E-state index is 12.6. The summed E-state index contributed by atoms with van der Waals surface area (Å²) in [5.41, 5.74) is 1.69. The summed E-state index contributed by atoms with van der Waals surface area (Å²) < 4.78 is 5.85. The Balaban J connectivity index is 1.40. The van der Waals surface area contributed by atoms with Gasteiger partial charge in [0.25, 0.3) is 11.1 Å². The molecule has 156 valence electrons. The number of thioether (sulfide) groups is 1. The Kier molecular flexibility index (Phi) is 5.94. The second-order valence-electron chi connectivity index (χ2n) is 7.41. The van der Waals surface area contributed by atoms with Gasteiger partial charge in [-0.25, -0.2) is 0 Å². The number of anilines is 2. The Bertz CT molecular complexity index is 990. The molecule has 0 aliphatic carbocycles. The van der Waals surface area contributed by atoms with Crippen LogP contribution in [0.4, 0.5) is 16.4 Å². The van der Waals surface area contributed by atoms with E-state index in [9.17, 15) is 14.4 Å². The summed E-state index contributed by atoms with van der Waals surface area (Å²) in [6.45, 7) is 3.54. The lowest BCUT2D eigenvalue weighted by Crippen LogP contribution is -2.36. The SMILES string of the molecule is Cc1ccc(NC(=O)CN2C(=O)SC(=Cc3ccc(N4CCCCC4)o3)C2=O)cc1. The van der Waals surface area contributed by atoms with Gasteiger partial charge in [-0.3, -0.25) is 19.3 Å². The van der Waals surface area contributed by atoms with E-state index in [-0.39, 0.29) is 11.4 Å². The van der Waals surface area contributed by atoms with Crippen molar-refractivity contribution in [1.82, 2.24) is 4.90 Å². The lowest BCUT2D eigenvalue weighted by atomic mass is 10.1. The van der Waals surface area contributed by atoms with E-state index in [1.54, 1.807) is 24.3 Å². The summed E-state index contributed by atoms with van der Waals surface area (Å²) in [4.78, 5) is 40.6. The van der Waals surface area contributed by atoms with Gasteiger partial charge in [-0.05, 0) is 56.1 Å². The summed E-state index contributed by atoms with van der Waals surface area (Å²) in [5.74, 6) is 0.385. The Morgan fingerprint density at radius 2 is 1.83 bits per heavy atom. The molecular weight excluding hydrogens is 402 g/mol. The van der Waals surface area contributed by atoms with Crippen LogP contribution in [0.5, 0.6) is 0 Å². The van der Waals surface area contributed by atoms with E-state index in [1.165, 1.54) is 6.42 Å². The summed E-state index contributed by atoms with van der Waals surface area (Å²) in [7, 11) is 0. The minimum atomic E-state index is -0.486. The lowest BCUT2D eigenvalue weighted by Gasteiger charge is -2.25. The largest absolute Gasteiger partial charge is 0.441 e. The van der Waals surface area contributed by atoms with E-state index >= 15 is 0 Å². The zero-order valence-corrected chi connectivity index (χ0v) is 17.5. The first-order valence-electron chi connectivity index (χ1n) is 9.96. The Morgan fingerprint density at radius 1 is 1.10 bits per heavy atom. The predicted octanol–water partition coefficient (Wildman–Crippen LogP) is 4.25. The minimum Gasteiger partial charge on any atom is -0.441 e. The number of hydrogen-bond donors (Lipinski definition) is 1. The van der Waals surface area contributed by atoms with Crippen molar-refractivity contribution in [1.29, 1.82) is 0 Å². The summed E-state index contributed by atoms with van der Waals surface area (Å²) in [6.07, 6.45) is 5.07. The van der Waals surface area contributed by atoms with Crippen LogP contribution in [0.3, 0.4) is 0 Å². The van der Waals surface area contributed by atoms with Gasteiger partial charge < -0.3 is 14.6 Å². The summed E-state index contributed by atoms with van der Waals surface area (Å²) >= 11 is 0.817. The van der Waals surface area contributed by atoms with Crippen LogP contribution in [0.2, 0.25) is 0 Å². The van der Waals surface area contributed by atoms with Gasteiger partial charge in [-0.2, -0.15) is 0 Å². The van der Waals surface area contributed by atoms with Crippen molar-refractivity contribution in [3.05, 3.63) is 52.6 Å². The van der Waals surface area contributed by atoms with Crippen LogP contribution in [0.15, 0.2) is 45.7 Å². The topological polar surface area (TPSA) is 82.9 Å². The molecule has 2 aliphatic heterocycles. The first kappa shape index (κ1) is 20.3. The second-order valence-corrected chi connectivity index (χ2v) is 8.40. The monoisotopic (exact) mass is 425 g/mol. The number of nitrogens with zero attached hydrogens (tertiary/aromatic N) is 2. The van der Waals surface area contributed by atoms with E-state index in [0.717, 1.165) is 54.0 Å². The highest BCUT2D eigenvalue weighted by atomic mass is 32.2. The van der Waals surface area contributed by atoms with Crippen molar-refractivity contribution in [2.75, 3.05) is 29.9 Å². The third kappa shape index (κ3) is 4.59. The van der Waals surface area contributed by atoms with Crippen molar-refractivity contribution in [2.45, 2.75) is 26.2 Å². The number of benzene rings is 1. The van der Waals surface area contributed by atoms with Crippen LogP contribution in [-0.2, 0) is 9.59 Å². The minimum absolute atomic E-state index is 0.252. The standard InChI is InChI=1S/C22H23N3O4S/c1-15-5-7-16(8-6-15)23-19(26)14-25-21(27)18(30-22(25)28)13-17-9-10-20(29-17)24-11-3-2-4-12-24/h5-10,13H,2-4,11-12,14H2,1H3,(H,23,26). The fourth-order valence-corrected chi connectivity index (χ4v) is 4.27. The van der Waals surface area contributed by atoms with E-state index in [0.29, 0.717) is 11.4 Å². The zero-order chi connectivity index (χ0) is 21.1. The average Bonchev–Trinajstić information content (AvgIpc) is 3.31. The highest BCUT2D eigenvalue weighted by Gasteiger charge is 2.36. The Labute approximate surface area is 179 Å². The molecule has 3 heterocycles. The first-order valence-corrected chi connectivity index (χ1v) is 10.8. The van der Waals surface area contributed by atoms with Crippen LogP contribution < -0.4 is 10.2 Å². The smallest absolute Gasteiger partial charge is 0.294 e. The van der Waals surface area contributed by atoms with Gasteiger partial charge in [0, 0.05) is 30.9 Å². The van der Waals surface area contributed by atoms with E-state index in [2.05, 4.69) is 10.2 Å². The molecule has 0 saturated carbocycles. The number of hydrogen-bond acceptors (Lipinski definition) is 6. The van der Waals surface area contributed by atoms with E-state index in [1.807, 2.05) is 25.1 Å². The van der Waals surface area contributed by atoms with E-state index in [4.69, 9.17) is 4.42 Å². The normalized spacial score (nSPS) is 18.4. The highest BCUT2D eigenvalue weighted by Crippen LogP contribution is 2.33. The fraction of sp³-hybridized carbons (Fsp3) is 0.318.